The zero-order valence-corrected chi connectivity index (χ0v) is 12.9. The van der Waals surface area contributed by atoms with Gasteiger partial charge in [-0.05, 0) is 11.1 Å². The predicted octanol–water partition coefficient (Wildman–Crippen LogP) is 0.914. The number of nitrogens with zero attached hydrogens (tertiary/aromatic N) is 1. The largest absolute Gasteiger partial charge is 0.314 e. The Kier molecular flexibility index (Phi) is 7.46. The monoisotopic (exact) mass is 288 g/mol. The van der Waals surface area contributed by atoms with Crippen molar-refractivity contribution in [3.63, 3.8) is 0 Å². The van der Waals surface area contributed by atoms with Crippen molar-refractivity contribution in [1.29, 1.82) is 0 Å². The first kappa shape index (κ1) is 16.2. The molecule has 1 fully saturated rings. The molecule has 0 saturated carbocycles. The van der Waals surface area contributed by atoms with Crippen molar-refractivity contribution < 1.29 is 0 Å². The second-order valence-corrected chi connectivity index (χ2v) is 5.47. The lowest BCUT2D eigenvalue weighted by Crippen LogP contribution is -2.41. The number of nitrogens with one attached hydrogen (secondary N) is 3. The van der Waals surface area contributed by atoms with Crippen molar-refractivity contribution >= 4 is 6.08 Å². The van der Waals surface area contributed by atoms with E-state index < -0.39 is 0 Å². The van der Waals surface area contributed by atoms with Crippen LogP contribution in [0.1, 0.15) is 11.1 Å². The Morgan fingerprint density at radius 1 is 0.857 bits per heavy atom. The summed E-state index contributed by atoms with van der Waals surface area (Å²) in [5.74, 6) is 0. The molecule has 0 atom stereocenters. The molecule has 0 unspecified atom stereocenters. The number of rotatable bonds is 3. The van der Waals surface area contributed by atoms with E-state index in [2.05, 4.69) is 51.7 Å². The normalized spacial score (nSPS) is 19.4. The highest BCUT2D eigenvalue weighted by molar-refractivity contribution is 5.47. The molecule has 0 aromatic heterocycles. The summed E-state index contributed by atoms with van der Waals surface area (Å²) < 4.78 is 0. The van der Waals surface area contributed by atoms with Crippen LogP contribution in [0.25, 0.3) is 6.08 Å². The lowest BCUT2D eigenvalue weighted by Gasteiger charge is -2.23. The van der Waals surface area contributed by atoms with Gasteiger partial charge in [0.05, 0.1) is 0 Å². The SMILES string of the molecule is C=Cc1ccc(CN2CCNCCNCCNCC2)cc1. The fraction of sp³-hybridized carbons (Fsp3) is 0.529. The first-order valence-corrected chi connectivity index (χ1v) is 7.94. The fourth-order valence-electron chi connectivity index (χ4n) is 2.49. The van der Waals surface area contributed by atoms with Crippen LogP contribution in [0, 0.1) is 0 Å². The van der Waals surface area contributed by atoms with E-state index in [4.69, 9.17) is 0 Å². The summed E-state index contributed by atoms with van der Waals surface area (Å²) in [6, 6.07) is 8.69. The van der Waals surface area contributed by atoms with Crippen LogP contribution in [-0.4, -0.2) is 57.3 Å². The number of benzene rings is 1. The van der Waals surface area contributed by atoms with E-state index in [9.17, 15) is 0 Å². The molecule has 116 valence electrons. The summed E-state index contributed by atoms with van der Waals surface area (Å²) in [6.07, 6.45) is 1.89. The van der Waals surface area contributed by atoms with Gasteiger partial charge in [-0.2, -0.15) is 0 Å². The Balaban J connectivity index is 1.85. The minimum Gasteiger partial charge on any atom is -0.314 e. The van der Waals surface area contributed by atoms with Crippen LogP contribution in [0.15, 0.2) is 30.8 Å². The van der Waals surface area contributed by atoms with Gasteiger partial charge in [-0.25, -0.2) is 0 Å². The van der Waals surface area contributed by atoms with Gasteiger partial charge in [-0.1, -0.05) is 36.9 Å². The van der Waals surface area contributed by atoms with Crippen LogP contribution in [0.5, 0.6) is 0 Å². The maximum Gasteiger partial charge on any atom is 0.0234 e. The van der Waals surface area contributed by atoms with Crippen LogP contribution >= 0.6 is 0 Å². The Hall–Kier alpha value is -1.20. The minimum absolute atomic E-state index is 1.01. The highest BCUT2D eigenvalue weighted by Gasteiger charge is 2.06. The topological polar surface area (TPSA) is 39.3 Å². The third-order valence-electron chi connectivity index (χ3n) is 3.79. The second-order valence-electron chi connectivity index (χ2n) is 5.47. The van der Waals surface area contributed by atoms with E-state index in [0.29, 0.717) is 0 Å². The molecule has 0 spiro atoms. The van der Waals surface area contributed by atoms with Gasteiger partial charge in [-0.15, -0.1) is 0 Å². The molecule has 0 bridgehead atoms. The molecule has 0 amide bonds. The summed E-state index contributed by atoms with van der Waals surface area (Å²) in [6.45, 7) is 13.3. The molecule has 21 heavy (non-hydrogen) atoms. The van der Waals surface area contributed by atoms with E-state index in [-0.39, 0.29) is 0 Å². The van der Waals surface area contributed by atoms with Crippen molar-refractivity contribution in [3.8, 4) is 0 Å². The summed E-state index contributed by atoms with van der Waals surface area (Å²) >= 11 is 0. The summed E-state index contributed by atoms with van der Waals surface area (Å²) in [5.41, 5.74) is 2.55. The minimum atomic E-state index is 1.01. The molecule has 1 aromatic rings. The Morgan fingerprint density at radius 3 is 1.90 bits per heavy atom. The van der Waals surface area contributed by atoms with E-state index in [0.717, 1.165) is 58.9 Å². The second kappa shape index (κ2) is 9.68. The highest BCUT2D eigenvalue weighted by atomic mass is 15.2. The maximum atomic E-state index is 3.80. The molecule has 3 N–H and O–H groups in total. The van der Waals surface area contributed by atoms with E-state index >= 15 is 0 Å². The smallest absolute Gasteiger partial charge is 0.0234 e. The summed E-state index contributed by atoms with van der Waals surface area (Å²) in [7, 11) is 0. The van der Waals surface area contributed by atoms with Crippen molar-refractivity contribution in [3.05, 3.63) is 42.0 Å². The van der Waals surface area contributed by atoms with Crippen LogP contribution in [0.4, 0.5) is 0 Å². The quantitative estimate of drug-likeness (QED) is 0.773. The Bertz CT molecular complexity index is 390. The number of hydrogen-bond acceptors (Lipinski definition) is 4. The van der Waals surface area contributed by atoms with Gasteiger partial charge < -0.3 is 16.0 Å². The van der Waals surface area contributed by atoms with Gasteiger partial charge in [0.15, 0.2) is 0 Å². The van der Waals surface area contributed by atoms with Crippen LogP contribution in [0.2, 0.25) is 0 Å². The van der Waals surface area contributed by atoms with E-state index in [1.54, 1.807) is 0 Å². The molecule has 2 rings (SSSR count). The zero-order chi connectivity index (χ0) is 14.8. The molecule has 1 aliphatic rings. The predicted molar refractivity (Wildman–Crippen MR) is 90.4 cm³/mol. The van der Waals surface area contributed by atoms with Crippen LogP contribution < -0.4 is 16.0 Å². The maximum absolute atomic E-state index is 3.80. The third kappa shape index (κ3) is 6.40. The molecule has 1 heterocycles. The van der Waals surface area contributed by atoms with Gasteiger partial charge >= 0.3 is 0 Å². The molecule has 1 saturated heterocycles. The number of hydrogen-bond donors (Lipinski definition) is 3. The fourth-order valence-corrected chi connectivity index (χ4v) is 2.49. The average molecular weight is 288 g/mol. The van der Waals surface area contributed by atoms with E-state index in [1.807, 2.05) is 6.08 Å². The van der Waals surface area contributed by atoms with Gasteiger partial charge in [0.25, 0.3) is 0 Å². The third-order valence-corrected chi connectivity index (χ3v) is 3.79. The van der Waals surface area contributed by atoms with Crippen LogP contribution in [-0.2, 0) is 6.54 Å². The molecule has 1 aromatic carbocycles. The first-order valence-electron chi connectivity index (χ1n) is 7.94. The van der Waals surface area contributed by atoms with Gasteiger partial charge in [0, 0.05) is 58.9 Å². The summed E-state index contributed by atoms with van der Waals surface area (Å²) in [5, 5.41) is 10.4. The van der Waals surface area contributed by atoms with Crippen molar-refractivity contribution in [1.82, 2.24) is 20.9 Å². The van der Waals surface area contributed by atoms with Crippen molar-refractivity contribution in [2.24, 2.45) is 0 Å². The lowest BCUT2D eigenvalue weighted by molar-refractivity contribution is 0.263. The standard InChI is InChI=1S/C17H28N4/c1-2-16-3-5-17(6-4-16)15-21-13-11-19-9-7-18-8-10-20-12-14-21/h2-6,18-20H,1,7-15H2. The van der Waals surface area contributed by atoms with Gasteiger partial charge in [-0.3, -0.25) is 4.90 Å². The van der Waals surface area contributed by atoms with Crippen LogP contribution in [0.3, 0.4) is 0 Å². The van der Waals surface area contributed by atoms with Crippen molar-refractivity contribution in [2.45, 2.75) is 6.54 Å². The Labute approximate surface area is 128 Å². The average Bonchev–Trinajstić information content (AvgIpc) is 2.51. The first-order chi connectivity index (χ1) is 10.4. The van der Waals surface area contributed by atoms with Gasteiger partial charge in [0.2, 0.25) is 0 Å². The molecular weight excluding hydrogens is 260 g/mol. The molecular formula is C17H28N4. The molecule has 0 radical (unpaired) electrons. The highest BCUT2D eigenvalue weighted by Crippen LogP contribution is 2.08. The Morgan fingerprint density at radius 2 is 1.38 bits per heavy atom. The zero-order valence-electron chi connectivity index (χ0n) is 12.9. The molecule has 0 aliphatic carbocycles. The van der Waals surface area contributed by atoms with Gasteiger partial charge in [0.1, 0.15) is 0 Å². The molecule has 4 nitrogen and oxygen atoms in total. The summed E-state index contributed by atoms with van der Waals surface area (Å²) in [4.78, 5) is 2.51. The van der Waals surface area contributed by atoms with E-state index in [1.165, 1.54) is 11.1 Å². The van der Waals surface area contributed by atoms with Crippen molar-refractivity contribution in [2.75, 3.05) is 52.4 Å². The molecule has 4 heteroatoms. The molecule has 1 aliphatic heterocycles. The lowest BCUT2D eigenvalue weighted by atomic mass is 10.1.